The maximum absolute atomic E-state index is 12.1. The Hall–Kier alpha value is -2.21. The first-order valence-corrected chi connectivity index (χ1v) is 7.48. The largest absolute Gasteiger partial charge is 0.435 e. The number of alkyl halides is 2. The van der Waals surface area contributed by atoms with Gasteiger partial charge in [-0.3, -0.25) is 0 Å². The Morgan fingerprint density at radius 2 is 1.83 bits per heavy atom. The van der Waals surface area contributed by atoms with E-state index in [9.17, 15) is 8.78 Å². The van der Waals surface area contributed by atoms with E-state index in [1.54, 1.807) is 12.1 Å². The molecule has 0 heterocycles. The van der Waals surface area contributed by atoms with Gasteiger partial charge in [-0.2, -0.15) is 8.78 Å². The molecule has 0 aliphatic carbocycles. The van der Waals surface area contributed by atoms with Gasteiger partial charge in [-0.25, -0.2) is 0 Å². The average molecular weight is 336 g/mol. The maximum Gasteiger partial charge on any atom is 0.387 e. The molecule has 2 aromatic carbocycles. The van der Waals surface area contributed by atoms with Crippen LogP contribution in [0.4, 0.5) is 14.5 Å². The summed E-state index contributed by atoms with van der Waals surface area (Å²) in [5.74, 6) is 0.145. The summed E-state index contributed by atoms with van der Waals surface area (Å²) in [7, 11) is 1.87. The fourth-order valence-electron chi connectivity index (χ4n) is 2.05. The molecule has 0 aliphatic rings. The van der Waals surface area contributed by atoms with Crippen molar-refractivity contribution in [1.82, 2.24) is 4.90 Å². The summed E-state index contributed by atoms with van der Waals surface area (Å²) in [4.78, 5) is 1.88. The third-order valence-corrected chi connectivity index (χ3v) is 3.72. The van der Waals surface area contributed by atoms with Crippen molar-refractivity contribution < 1.29 is 13.5 Å². The number of halogens is 2. The van der Waals surface area contributed by atoms with Crippen LogP contribution in [-0.4, -0.2) is 23.7 Å². The molecule has 0 saturated carbocycles. The molecule has 0 unspecified atom stereocenters. The van der Waals surface area contributed by atoms with E-state index >= 15 is 0 Å². The van der Waals surface area contributed by atoms with Crippen LogP contribution in [0.5, 0.6) is 5.75 Å². The Kier molecular flexibility index (Phi) is 5.87. The van der Waals surface area contributed by atoms with Crippen LogP contribution in [0.2, 0.25) is 0 Å². The average Bonchev–Trinajstić information content (AvgIpc) is 2.51. The van der Waals surface area contributed by atoms with Crippen molar-refractivity contribution >= 4 is 23.0 Å². The van der Waals surface area contributed by atoms with Gasteiger partial charge in [-0.15, -0.1) is 0 Å². The van der Waals surface area contributed by atoms with Gasteiger partial charge in [0.05, 0.1) is 0 Å². The van der Waals surface area contributed by atoms with Gasteiger partial charge in [0.2, 0.25) is 0 Å². The van der Waals surface area contributed by atoms with E-state index < -0.39 is 6.61 Å². The van der Waals surface area contributed by atoms with Gasteiger partial charge < -0.3 is 15.0 Å². The van der Waals surface area contributed by atoms with Crippen molar-refractivity contribution in [2.24, 2.45) is 0 Å². The number of nitrogens with zero attached hydrogens (tertiary/aromatic N) is 1. The predicted molar refractivity (Wildman–Crippen MR) is 91.9 cm³/mol. The Bertz CT molecular complexity index is 662. The number of ether oxygens (including phenoxy) is 1. The topological polar surface area (TPSA) is 24.5 Å². The van der Waals surface area contributed by atoms with E-state index in [0.717, 1.165) is 16.8 Å². The van der Waals surface area contributed by atoms with E-state index in [-0.39, 0.29) is 5.75 Å². The third kappa shape index (κ3) is 5.17. The highest BCUT2D eigenvalue weighted by Gasteiger charge is 2.08. The van der Waals surface area contributed by atoms with Gasteiger partial charge in [0.25, 0.3) is 0 Å². The van der Waals surface area contributed by atoms with Crippen LogP contribution in [0.25, 0.3) is 0 Å². The molecule has 0 bridgehead atoms. The van der Waals surface area contributed by atoms with Crippen molar-refractivity contribution in [2.45, 2.75) is 20.1 Å². The van der Waals surface area contributed by atoms with Gasteiger partial charge >= 0.3 is 6.61 Å². The number of nitrogens with one attached hydrogen (secondary N) is 1. The molecule has 122 valence electrons. The minimum atomic E-state index is -2.81. The van der Waals surface area contributed by atoms with Crippen molar-refractivity contribution in [1.29, 1.82) is 0 Å². The molecule has 0 amide bonds. The van der Waals surface area contributed by atoms with E-state index in [1.807, 2.05) is 43.1 Å². The summed E-state index contributed by atoms with van der Waals surface area (Å²) in [5, 5.41) is 3.79. The second-order valence-corrected chi connectivity index (χ2v) is 5.51. The highest BCUT2D eigenvalue weighted by Crippen LogP contribution is 2.17. The molecule has 0 fully saturated rings. The molecular weight excluding hydrogens is 318 g/mol. The van der Waals surface area contributed by atoms with E-state index in [4.69, 9.17) is 12.2 Å². The van der Waals surface area contributed by atoms with Gasteiger partial charge in [-0.05, 0) is 48.5 Å². The number of aryl methyl sites for hydroxylation is 1. The van der Waals surface area contributed by atoms with Crippen molar-refractivity contribution in [3.8, 4) is 5.75 Å². The first-order valence-electron chi connectivity index (χ1n) is 7.07. The summed E-state index contributed by atoms with van der Waals surface area (Å²) in [6.45, 7) is -0.242. The molecular formula is C17H18F2N2OS. The lowest BCUT2D eigenvalue weighted by Gasteiger charge is -2.22. The van der Waals surface area contributed by atoms with Crippen LogP contribution >= 0.6 is 12.2 Å². The fraction of sp³-hybridized carbons (Fsp3) is 0.235. The molecule has 2 rings (SSSR count). The highest BCUT2D eigenvalue weighted by atomic mass is 32.1. The number of para-hydroxylation sites is 1. The molecule has 6 heteroatoms. The van der Waals surface area contributed by atoms with Gasteiger partial charge in [-0.1, -0.05) is 30.3 Å². The summed E-state index contributed by atoms with van der Waals surface area (Å²) in [5.41, 5.74) is 3.02. The zero-order chi connectivity index (χ0) is 16.8. The standard InChI is InChI=1S/C17H18F2N2OS/c1-12-5-3-4-6-15(12)20-17(23)21(2)11-13-7-9-14(10-8-13)22-16(18)19/h3-10,16H,11H2,1-2H3,(H,20,23). The van der Waals surface area contributed by atoms with E-state index in [0.29, 0.717) is 11.7 Å². The Morgan fingerprint density at radius 1 is 1.17 bits per heavy atom. The lowest BCUT2D eigenvalue weighted by Crippen LogP contribution is -2.30. The third-order valence-electron chi connectivity index (χ3n) is 3.30. The van der Waals surface area contributed by atoms with Crippen LogP contribution in [0, 0.1) is 6.92 Å². The second-order valence-electron chi connectivity index (χ2n) is 5.12. The minimum absolute atomic E-state index is 0.145. The lowest BCUT2D eigenvalue weighted by atomic mass is 10.2. The number of hydrogen-bond donors (Lipinski definition) is 1. The minimum Gasteiger partial charge on any atom is -0.435 e. The molecule has 2 aromatic rings. The first kappa shape index (κ1) is 17.1. The van der Waals surface area contributed by atoms with Crippen molar-refractivity contribution in [3.63, 3.8) is 0 Å². The maximum atomic E-state index is 12.1. The Labute approximate surface area is 139 Å². The molecule has 0 aliphatic heterocycles. The summed E-state index contributed by atoms with van der Waals surface area (Å²) < 4.78 is 28.6. The van der Waals surface area contributed by atoms with E-state index in [1.165, 1.54) is 12.1 Å². The smallest absolute Gasteiger partial charge is 0.387 e. The number of anilines is 1. The molecule has 3 nitrogen and oxygen atoms in total. The Balaban J connectivity index is 1.94. The second kappa shape index (κ2) is 7.87. The quantitative estimate of drug-likeness (QED) is 0.817. The van der Waals surface area contributed by atoms with Crippen molar-refractivity contribution in [2.75, 3.05) is 12.4 Å². The highest BCUT2D eigenvalue weighted by molar-refractivity contribution is 7.80. The monoisotopic (exact) mass is 336 g/mol. The number of thiocarbonyl (C=S) groups is 1. The van der Waals surface area contributed by atoms with Crippen LogP contribution in [0.1, 0.15) is 11.1 Å². The fourth-order valence-corrected chi connectivity index (χ4v) is 2.22. The number of benzene rings is 2. The summed E-state index contributed by atoms with van der Waals surface area (Å²) in [6, 6.07) is 14.4. The van der Waals surface area contributed by atoms with Crippen molar-refractivity contribution in [3.05, 3.63) is 59.7 Å². The number of rotatable bonds is 5. The van der Waals surface area contributed by atoms with Crippen LogP contribution in [-0.2, 0) is 6.54 Å². The lowest BCUT2D eigenvalue weighted by molar-refractivity contribution is -0.0498. The van der Waals surface area contributed by atoms with Gasteiger partial charge in [0.1, 0.15) is 5.75 Å². The van der Waals surface area contributed by atoms with Crippen LogP contribution < -0.4 is 10.1 Å². The zero-order valence-corrected chi connectivity index (χ0v) is 13.7. The zero-order valence-electron chi connectivity index (χ0n) is 12.9. The number of hydrogen-bond acceptors (Lipinski definition) is 2. The predicted octanol–water partition coefficient (Wildman–Crippen LogP) is 4.43. The van der Waals surface area contributed by atoms with Gasteiger partial charge in [0, 0.05) is 19.3 Å². The Morgan fingerprint density at radius 3 is 2.43 bits per heavy atom. The summed E-state index contributed by atoms with van der Waals surface area (Å²) in [6.07, 6.45) is 0. The molecule has 0 radical (unpaired) electrons. The normalized spacial score (nSPS) is 10.5. The molecule has 0 atom stereocenters. The summed E-state index contributed by atoms with van der Waals surface area (Å²) >= 11 is 5.39. The van der Waals surface area contributed by atoms with Crippen LogP contribution in [0.15, 0.2) is 48.5 Å². The molecule has 0 spiro atoms. The molecule has 23 heavy (non-hydrogen) atoms. The SMILES string of the molecule is Cc1ccccc1NC(=S)N(C)Cc1ccc(OC(F)F)cc1. The molecule has 0 saturated heterocycles. The van der Waals surface area contributed by atoms with E-state index in [2.05, 4.69) is 10.1 Å². The molecule has 0 aromatic heterocycles. The van der Waals surface area contributed by atoms with Gasteiger partial charge in [0.15, 0.2) is 5.11 Å². The molecule has 1 N–H and O–H groups in total. The van der Waals surface area contributed by atoms with Crippen LogP contribution in [0.3, 0.4) is 0 Å². The first-order chi connectivity index (χ1) is 11.0.